The maximum absolute atomic E-state index is 12.5. The second-order valence-electron chi connectivity index (χ2n) is 7.67. The SMILES string of the molecule is COc1ccc(S(=O)(=O)/N=C/N(C)C)cc1CN1CCN(Cc2ccccc2)CC1. The maximum atomic E-state index is 12.5. The largest absolute Gasteiger partial charge is 0.496 e. The van der Waals surface area contributed by atoms with E-state index in [1.807, 2.05) is 6.07 Å². The first-order valence-electron chi connectivity index (χ1n) is 10.00. The predicted molar refractivity (Wildman–Crippen MR) is 119 cm³/mol. The lowest BCUT2D eigenvalue weighted by Crippen LogP contribution is -2.45. The Morgan fingerprint density at radius 2 is 1.63 bits per heavy atom. The minimum Gasteiger partial charge on any atom is -0.496 e. The Hall–Kier alpha value is -2.42. The fraction of sp³-hybridized carbons (Fsp3) is 0.409. The molecule has 1 fully saturated rings. The lowest BCUT2D eigenvalue weighted by atomic mass is 10.1. The van der Waals surface area contributed by atoms with Gasteiger partial charge < -0.3 is 9.64 Å². The molecule has 0 aromatic heterocycles. The van der Waals surface area contributed by atoms with Gasteiger partial charge in [0.15, 0.2) is 0 Å². The summed E-state index contributed by atoms with van der Waals surface area (Å²) in [6.07, 6.45) is 1.30. The van der Waals surface area contributed by atoms with Crippen LogP contribution in [-0.4, -0.2) is 76.8 Å². The van der Waals surface area contributed by atoms with E-state index in [1.54, 1.807) is 44.3 Å². The summed E-state index contributed by atoms with van der Waals surface area (Å²) in [5.41, 5.74) is 2.18. The molecule has 1 heterocycles. The first-order valence-corrected chi connectivity index (χ1v) is 11.4. The van der Waals surface area contributed by atoms with Gasteiger partial charge in [-0.25, -0.2) is 0 Å². The Bertz CT molecular complexity index is 954. The van der Waals surface area contributed by atoms with Crippen molar-refractivity contribution in [3.8, 4) is 5.75 Å². The number of piperazine rings is 1. The minimum absolute atomic E-state index is 0.180. The van der Waals surface area contributed by atoms with Crippen LogP contribution in [0.4, 0.5) is 0 Å². The number of ether oxygens (including phenoxy) is 1. The summed E-state index contributed by atoms with van der Waals surface area (Å²) in [6, 6.07) is 15.4. The average molecular weight is 431 g/mol. The second kappa shape index (κ2) is 10.1. The highest BCUT2D eigenvalue weighted by atomic mass is 32.2. The summed E-state index contributed by atoms with van der Waals surface area (Å²) in [6.45, 7) is 5.39. The van der Waals surface area contributed by atoms with Crippen molar-refractivity contribution >= 4 is 16.4 Å². The van der Waals surface area contributed by atoms with Crippen LogP contribution in [0.1, 0.15) is 11.1 Å². The third-order valence-corrected chi connectivity index (χ3v) is 6.30. The summed E-state index contributed by atoms with van der Waals surface area (Å²) in [7, 11) is 1.33. The Labute approximate surface area is 179 Å². The summed E-state index contributed by atoms with van der Waals surface area (Å²) in [5, 5.41) is 0. The van der Waals surface area contributed by atoms with Crippen molar-refractivity contribution < 1.29 is 13.2 Å². The number of nitrogens with zero attached hydrogens (tertiary/aromatic N) is 4. The highest BCUT2D eigenvalue weighted by molar-refractivity contribution is 7.90. The van der Waals surface area contributed by atoms with E-state index in [-0.39, 0.29) is 4.90 Å². The van der Waals surface area contributed by atoms with Crippen molar-refractivity contribution in [1.29, 1.82) is 0 Å². The molecule has 0 radical (unpaired) electrons. The Balaban J connectivity index is 1.66. The van der Waals surface area contributed by atoms with E-state index in [0.29, 0.717) is 12.3 Å². The monoisotopic (exact) mass is 430 g/mol. The van der Waals surface area contributed by atoms with Gasteiger partial charge in [-0.2, -0.15) is 8.42 Å². The van der Waals surface area contributed by atoms with Gasteiger partial charge in [-0.15, -0.1) is 4.40 Å². The van der Waals surface area contributed by atoms with E-state index in [9.17, 15) is 8.42 Å². The van der Waals surface area contributed by atoms with Crippen LogP contribution in [0.2, 0.25) is 0 Å². The summed E-state index contributed by atoms with van der Waals surface area (Å²) >= 11 is 0. The van der Waals surface area contributed by atoms with E-state index in [1.165, 1.54) is 11.9 Å². The van der Waals surface area contributed by atoms with Crippen molar-refractivity contribution in [2.24, 2.45) is 4.40 Å². The molecule has 0 unspecified atom stereocenters. The molecule has 0 N–H and O–H groups in total. The van der Waals surface area contributed by atoms with Crippen molar-refractivity contribution in [3.63, 3.8) is 0 Å². The third-order valence-electron chi connectivity index (χ3n) is 5.07. The number of methoxy groups -OCH3 is 1. The predicted octanol–water partition coefficient (Wildman–Crippen LogP) is 2.29. The van der Waals surface area contributed by atoms with E-state index >= 15 is 0 Å². The zero-order valence-electron chi connectivity index (χ0n) is 17.9. The fourth-order valence-corrected chi connectivity index (χ4v) is 4.41. The lowest BCUT2D eigenvalue weighted by molar-refractivity contribution is 0.121. The van der Waals surface area contributed by atoms with Crippen LogP contribution in [-0.2, 0) is 23.1 Å². The third kappa shape index (κ3) is 6.04. The molecule has 30 heavy (non-hydrogen) atoms. The molecule has 2 aromatic rings. The van der Waals surface area contributed by atoms with E-state index in [2.05, 4.69) is 38.5 Å². The molecule has 0 saturated carbocycles. The molecular formula is C22H30N4O3S. The average Bonchev–Trinajstić information content (AvgIpc) is 2.74. The van der Waals surface area contributed by atoms with Crippen LogP contribution in [0.15, 0.2) is 57.8 Å². The van der Waals surface area contributed by atoms with E-state index < -0.39 is 10.0 Å². The standard InChI is InChI=1S/C22H30N4O3S/c1-24(2)18-23-30(27,28)21-9-10-22(29-3)20(15-21)17-26-13-11-25(12-14-26)16-19-7-5-4-6-8-19/h4-10,15,18H,11-14,16-17H2,1-3H3/b23-18+. The van der Waals surface area contributed by atoms with Gasteiger partial charge in [0.25, 0.3) is 10.0 Å². The van der Waals surface area contributed by atoms with Crippen LogP contribution in [0.5, 0.6) is 5.75 Å². The molecule has 8 heteroatoms. The molecule has 1 saturated heterocycles. The normalized spacial score (nSPS) is 16.1. The molecule has 0 spiro atoms. The zero-order chi connectivity index (χ0) is 21.6. The smallest absolute Gasteiger partial charge is 0.283 e. The number of rotatable bonds is 8. The van der Waals surface area contributed by atoms with Gasteiger partial charge in [-0.1, -0.05) is 30.3 Å². The molecule has 162 valence electrons. The van der Waals surface area contributed by atoms with Gasteiger partial charge in [0, 0.05) is 58.9 Å². The van der Waals surface area contributed by atoms with Crippen molar-refractivity contribution in [2.45, 2.75) is 18.0 Å². The fourth-order valence-electron chi connectivity index (χ4n) is 3.44. The van der Waals surface area contributed by atoms with Crippen LogP contribution in [0.25, 0.3) is 0 Å². The van der Waals surface area contributed by atoms with Crippen LogP contribution < -0.4 is 4.74 Å². The van der Waals surface area contributed by atoms with Gasteiger partial charge in [0.05, 0.1) is 12.0 Å². The molecular weight excluding hydrogens is 400 g/mol. The molecule has 0 amide bonds. The zero-order valence-corrected chi connectivity index (χ0v) is 18.7. The Morgan fingerprint density at radius 3 is 2.23 bits per heavy atom. The molecule has 3 rings (SSSR count). The molecule has 7 nitrogen and oxygen atoms in total. The molecule has 2 aromatic carbocycles. The van der Waals surface area contributed by atoms with Gasteiger partial charge >= 0.3 is 0 Å². The van der Waals surface area contributed by atoms with Crippen molar-refractivity contribution in [2.75, 3.05) is 47.4 Å². The van der Waals surface area contributed by atoms with E-state index in [4.69, 9.17) is 4.74 Å². The van der Waals surface area contributed by atoms with Gasteiger partial charge in [-0.3, -0.25) is 9.80 Å². The van der Waals surface area contributed by atoms with Crippen LogP contribution >= 0.6 is 0 Å². The molecule has 0 atom stereocenters. The van der Waals surface area contributed by atoms with E-state index in [0.717, 1.165) is 38.3 Å². The molecule has 1 aliphatic rings. The maximum Gasteiger partial charge on any atom is 0.283 e. The number of sulfonamides is 1. The Kier molecular flexibility index (Phi) is 7.47. The lowest BCUT2D eigenvalue weighted by Gasteiger charge is -2.35. The molecule has 1 aliphatic heterocycles. The number of hydrogen-bond acceptors (Lipinski definition) is 5. The molecule has 0 aliphatic carbocycles. The number of hydrogen-bond donors (Lipinski definition) is 0. The topological polar surface area (TPSA) is 65.5 Å². The first-order chi connectivity index (χ1) is 14.4. The van der Waals surface area contributed by atoms with Crippen LogP contribution in [0.3, 0.4) is 0 Å². The van der Waals surface area contributed by atoms with Gasteiger partial charge in [0.2, 0.25) is 0 Å². The van der Waals surface area contributed by atoms with Crippen LogP contribution in [0, 0.1) is 0 Å². The van der Waals surface area contributed by atoms with Crippen molar-refractivity contribution in [3.05, 3.63) is 59.7 Å². The summed E-state index contributed by atoms with van der Waals surface area (Å²) in [5.74, 6) is 0.692. The summed E-state index contributed by atoms with van der Waals surface area (Å²) < 4.78 is 34.2. The minimum atomic E-state index is -3.74. The highest BCUT2D eigenvalue weighted by Gasteiger charge is 2.20. The van der Waals surface area contributed by atoms with Crippen molar-refractivity contribution in [1.82, 2.24) is 14.7 Å². The number of benzene rings is 2. The molecule has 0 bridgehead atoms. The summed E-state index contributed by atoms with van der Waals surface area (Å²) in [4.78, 5) is 6.55. The quantitative estimate of drug-likeness (QED) is 0.473. The second-order valence-corrected chi connectivity index (χ2v) is 9.30. The first kappa shape index (κ1) is 22.3. The Morgan fingerprint density at radius 1 is 1.00 bits per heavy atom. The highest BCUT2D eigenvalue weighted by Crippen LogP contribution is 2.25. The van der Waals surface area contributed by atoms with Gasteiger partial charge in [-0.05, 0) is 23.8 Å². The van der Waals surface area contributed by atoms with Gasteiger partial charge in [0.1, 0.15) is 12.1 Å².